The van der Waals surface area contributed by atoms with Gasteiger partial charge in [-0.05, 0) is 30.3 Å². The Morgan fingerprint density at radius 2 is 1.94 bits per heavy atom. The number of nitriles is 2. The fourth-order valence-electron chi connectivity index (χ4n) is 1.47. The van der Waals surface area contributed by atoms with Gasteiger partial charge in [-0.1, -0.05) is 15.9 Å². The fraction of sp³-hybridized carbons (Fsp3) is 0. The average Bonchev–Trinajstić information content (AvgIpc) is 2.76. The first-order chi connectivity index (χ1) is 7.74. The number of benzene rings is 1. The van der Waals surface area contributed by atoms with E-state index in [1.54, 1.807) is 35.0 Å². The molecule has 3 nitrogen and oxygen atoms in total. The van der Waals surface area contributed by atoms with Crippen molar-refractivity contribution in [1.29, 1.82) is 10.5 Å². The highest BCUT2D eigenvalue weighted by Crippen LogP contribution is 2.20. The largest absolute Gasteiger partial charge is 0.308 e. The van der Waals surface area contributed by atoms with Crippen LogP contribution in [0.2, 0.25) is 0 Å². The van der Waals surface area contributed by atoms with E-state index in [0.29, 0.717) is 11.3 Å². The summed E-state index contributed by atoms with van der Waals surface area (Å²) in [6.45, 7) is 0. The lowest BCUT2D eigenvalue weighted by Crippen LogP contribution is -1.95. The predicted octanol–water partition coefficient (Wildman–Crippen LogP) is 2.98. The predicted molar refractivity (Wildman–Crippen MR) is 62.9 cm³/mol. The molecule has 2 aromatic rings. The second-order valence-corrected chi connectivity index (χ2v) is 4.10. The molecule has 16 heavy (non-hydrogen) atoms. The van der Waals surface area contributed by atoms with Crippen LogP contribution >= 0.6 is 15.9 Å². The topological polar surface area (TPSA) is 52.5 Å². The zero-order chi connectivity index (χ0) is 11.5. The maximum atomic E-state index is 8.92. The standard InChI is InChI=1S/C12H6BrN3/c13-10-4-9(7-14)5-12(6-10)16-3-1-2-11(16)8-15/h1-6H. The van der Waals surface area contributed by atoms with Crippen molar-refractivity contribution in [2.24, 2.45) is 0 Å². The third kappa shape index (κ3) is 1.84. The van der Waals surface area contributed by atoms with E-state index in [0.717, 1.165) is 10.2 Å². The summed E-state index contributed by atoms with van der Waals surface area (Å²) in [6, 6.07) is 13.0. The minimum Gasteiger partial charge on any atom is -0.308 e. The Morgan fingerprint density at radius 3 is 2.62 bits per heavy atom. The highest BCUT2D eigenvalue weighted by atomic mass is 79.9. The van der Waals surface area contributed by atoms with Gasteiger partial charge in [0.15, 0.2) is 0 Å². The van der Waals surface area contributed by atoms with E-state index >= 15 is 0 Å². The van der Waals surface area contributed by atoms with Crippen LogP contribution in [-0.4, -0.2) is 4.57 Å². The van der Waals surface area contributed by atoms with Gasteiger partial charge in [-0.25, -0.2) is 0 Å². The van der Waals surface area contributed by atoms with Gasteiger partial charge in [-0.15, -0.1) is 0 Å². The van der Waals surface area contributed by atoms with Crippen LogP contribution < -0.4 is 0 Å². The van der Waals surface area contributed by atoms with Crippen LogP contribution in [0.3, 0.4) is 0 Å². The van der Waals surface area contributed by atoms with Crippen molar-refractivity contribution >= 4 is 15.9 Å². The number of aromatic nitrogens is 1. The molecular formula is C12H6BrN3. The maximum absolute atomic E-state index is 8.92. The zero-order valence-electron chi connectivity index (χ0n) is 8.18. The Labute approximate surface area is 101 Å². The molecule has 0 radical (unpaired) electrons. The molecule has 0 amide bonds. The normalized spacial score (nSPS) is 9.44. The summed E-state index contributed by atoms with van der Waals surface area (Å²) in [5.74, 6) is 0. The van der Waals surface area contributed by atoms with Crippen molar-refractivity contribution in [3.05, 3.63) is 52.3 Å². The molecule has 0 aliphatic carbocycles. The van der Waals surface area contributed by atoms with Gasteiger partial charge < -0.3 is 4.57 Å². The fourth-order valence-corrected chi connectivity index (χ4v) is 1.96. The Hall–Kier alpha value is -2.04. The van der Waals surface area contributed by atoms with E-state index in [4.69, 9.17) is 10.5 Å². The maximum Gasteiger partial charge on any atom is 0.124 e. The van der Waals surface area contributed by atoms with Crippen molar-refractivity contribution in [2.45, 2.75) is 0 Å². The number of hydrogen-bond acceptors (Lipinski definition) is 2. The van der Waals surface area contributed by atoms with Crippen LogP contribution in [0, 0.1) is 22.7 Å². The lowest BCUT2D eigenvalue weighted by Gasteiger charge is -2.05. The van der Waals surface area contributed by atoms with Crippen molar-refractivity contribution in [2.75, 3.05) is 0 Å². The number of hydrogen-bond donors (Lipinski definition) is 0. The molecule has 1 heterocycles. The summed E-state index contributed by atoms with van der Waals surface area (Å²) < 4.78 is 2.56. The highest BCUT2D eigenvalue weighted by molar-refractivity contribution is 9.10. The molecule has 1 aromatic heterocycles. The minimum absolute atomic E-state index is 0.544. The van der Waals surface area contributed by atoms with E-state index in [2.05, 4.69) is 28.1 Å². The summed E-state index contributed by atoms with van der Waals surface area (Å²) in [5.41, 5.74) is 1.90. The third-order valence-electron chi connectivity index (χ3n) is 2.15. The Kier molecular flexibility index (Phi) is 2.76. The van der Waals surface area contributed by atoms with Gasteiger partial charge >= 0.3 is 0 Å². The molecule has 0 aliphatic heterocycles. The molecule has 0 atom stereocenters. The van der Waals surface area contributed by atoms with Crippen molar-refractivity contribution in [1.82, 2.24) is 4.57 Å². The van der Waals surface area contributed by atoms with Crippen LogP contribution in [0.5, 0.6) is 0 Å². The second kappa shape index (κ2) is 4.22. The minimum atomic E-state index is 0.544. The van der Waals surface area contributed by atoms with Gasteiger partial charge in [0, 0.05) is 16.4 Å². The van der Waals surface area contributed by atoms with E-state index in [9.17, 15) is 0 Å². The van der Waals surface area contributed by atoms with Crippen LogP contribution in [-0.2, 0) is 0 Å². The Bertz CT molecular complexity index is 614. The molecule has 0 bridgehead atoms. The molecule has 1 aromatic carbocycles. The molecule has 0 unspecified atom stereocenters. The highest BCUT2D eigenvalue weighted by Gasteiger charge is 2.04. The Morgan fingerprint density at radius 1 is 1.12 bits per heavy atom. The molecule has 0 saturated carbocycles. The van der Waals surface area contributed by atoms with E-state index in [1.807, 2.05) is 6.07 Å². The van der Waals surface area contributed by atoms with Gasteiger partial charge in [0.05, 0.1) is 11.6 Å². The van der Waals surface area contributed by atoms with Crippen molar-refractivity contribution < 1.29 is 0 Å². The summed E-state index contributed by atoms with van der Waals surface area (Å²) in [4.78, 5) is 0. The van der Waals surface area contributed by atoms with Crippen LogP contribution in [0.4, 0.5) is 0 Å². The van der Waals surface area contributed by atoms with E-state index < -0.39 is 0 Å². The SMILES string of the molecule is N#Cc1cc(Br)cc(-n2cccc2C#N)c1. The first-order valence-corrected chi connectivity index (χ1v) is 5.32. The number of halogens is 1. The van der Waals surface area contributed by atoms with Crippen LogP contribution in [0.1, 0.15) is 11.3 Å². The third-order valence-corrected chi connectivity index (χ3v) is 2.61. The van der Waals surface area contributed by atoms with Gasteiger partial charge in [0.2, 0.25) is 0 Å². The van der Waals surface area contributed by atoms with E-state index in [-0.39, 0.29) is 0 Å². The zero-order valence-corrected chi connectivity index (χ0v) is 9.77. The first kappa shape index (κ1) is 10.5. The molecule has 0 spiro atoms. The van der Waals surface area contributed by atoms with Gasteiger partial charge in [-0.2, -0.15) is 10.5 Å². The molecule has 4 heteroatoms. The van der Waals surface area contributed by atoms with Crippen molar-refractivity contribution in [3.63, 3.8) is 0 Å². The van der Waals surface area contributed by atoms with Crippen molar-refractivity contribution in [3.8, 4) is 17.8 Å². The molecule has 0 aliphatic rings. The molecule has 0 N–H and O–H groups in total. The first-order valence-electron chi connectivity index (χ1n) is 4.53. The van der Waals surface area contributed by atoms with Crippen LogP contribution in [0.15, 0.2) is 41.0 Å². The average molecular weight is 272 g/mol. The van der Waals surface area contributed by atoms with Gasteiger partial charge in [-0.3, -0.25) is 0 Å². The number of rotatable bonds is 1. The quantitative estimate of drug-likeness (QED) is 0.801. The molecule has 2 rings (SSSR count). The van der Waals surface area contributed by atoms with E-state index in [1.165, 1.54) is 0 Å². The van der Waals surface area contributed by atoms with Gasteiger partial charge in [0.1, 0.15) is 11.8 Å². The second-order valence-electron chi connectivity index (χ2n) is 3.19. The summed E-state index contributed by atoms with van der Waals surface area (Å²) >= 11 is 3.34. The molecule has 76 valence electrons. The summed E-state index contributed by atoms with van der Waals surface area (Å²) in [5, 5.41) is 17.8. The lowest BCUT2D eigenvalue weighted by molar-refractivity contribution is 1.05. The van der Waals surface area contributed by atoms with Crippen LogP contribution in [0.25, 0.3) is 5.69 Å². The Balaban J connectivity index is 2.62. The number of nitrogens with zero attached hydrogens (tertiary/aromatic N) is 3. The molecule has 0 fully saturated rings. The lowest BCUT2D eigenvalue weighted by atomic mass is 10.2. The summed E-state index contributed by atoms with van der Waals surface area (Å²) in [6.07, 6.45) is 1.79. The smallest absolute Gasteiger partial charge is 0.124 e. The van der Waals surface area contributed by atoms with Gasteiger partial charge in [0.25, 0.3) is 0 Å². The monoisotopic (exact) mass is 271 g/mol. The molecule has 0 saturated heterocycles. The molecular weight excluding hydrogens is 266 g/mol. The summed E-state index contributed by atoms with van der Waals surface area (Å²) in [7, 11) is 0.